The molecule has 2 aromatic rings. The van der Waals surface area contributed by atoms with Crippen LogP contribution in [-0.4, -0.2) is 13.1 Å². The summed E-state index contributed by atoms with van der Waals surface area (Å²) in [5.74, 6) is -0.305. The molecule has 0 saturated carbocycles. The van der Waals surface area contributed by atoms with Gasteiger partial charge < -0.3 is 10.1 Å². The third-order valence-corrected chi connectivity index (χ3v) is 3.46. The number of hydrogen-bond donors (Lipinski definition) is 1. The molecule has 1 N–H and O–H groups in total. The molecule has 3 heteroatoms. The van der Waals surface area contributed by atoms with E-state index in [0.717, 1.165) is 23.4 Å². The van der Waals surface area contributed by atoms with E-state index in [0.29, 0.717) is 5.56 Å². The lowest BCUT2D eigenvalue weighted by Crippen LogP contribution is -2.13. The Balaban J connectivity index is 0. The minimum Gasteiger partial charge on any atom is -0.465 e. The van der Waals surface area contributed by atoms with Gasteiger partial charge in [-0.15, -0.1) is 0 Å². The molecule has 0 bridgehead atoms. The van der Waals surface area contributed by atoms with Crippen molar-refractivity contribution >= 4 is 17.3 Å². The number of aryl methyl sites for hydroxylation is 1. The van der Waals surface area contributed by atoms with Crippen LogP contribution in [-0.2, 0) is 11.2 Å². The van der Waals surface area contributed by atoms with Crippen molar-refractivity contribution in [3.63, 3.8) is 0 Å². The fraction of sp³-hybridized carbons (Fsp3) is 0.458. The third kappa shape index (κ3) is 7.46. The van der Waals surface area contributed by atoms with Gasteiger partial charge in [0.1, 0.15) is 0 Å². The van der Waals surface area contributed by atoms with Gasteiger partial charge in [-0.05, 0) is 35.7 Å². The van der Waals surface area contributed by atoms with Crippen molar-refractivity contribution < 1.29 is 9.53 Å². The Labute approximate surface area is 167 Å². The van der Waals surface area contributed by atoms with E-state index in [1.54, 1.807) is 6.07 Å². The van der Waals surface area contributed by atoms with Gasteiger partial charge in [-0.1, -0.05) is 79.7 Å². The number of methoxy groups -OCH3 is 1. The highest BCUT2D eigenvalue weighted by Crippen LogP contribution is 2.35. The molecular weight excluding hydrogens is 334 g/mol. The van der Waals surface area contributed by atoms with Gasteiger partial charge in [0.2, 0.25) is 0 Å². The lowest BCUT2D eigenvalue weighted by molar-refractivity contribution is 0.0602. The van der Waals surface area contributed by atoms with E-state index in [4.69, 9.17) is 4.74 Å². The molecule has 1 aliphatic heterocycles. The highest BCUT2D eigenvalue weighted by atomic mass is 16.5. The number of esters is 1. The number of carbonyl (C=O) groups excluding carboxylic acids is 1. The van der Waals surface area contributed by atoms with Gasteiger partial charge in [-0.25, -0.2) is 4.79 Å². The summed E-state index contributed by atoms with van der Waals surface area (Å²) in [6, 6.07) is 12.1. The average Bonchev–Trinajstić information content (AvgIpc) is 2.77. The predicted octanol–water partition coefficient (Wildman–Crippen LogP) is 7.53. The Morgan fingerprint density at radius 3 is 2.04 bits per heavy atom. The van der Waals surface area contributed by atoms with Crippen LogP contribution in [0.2, 0.25) is 0 Å². The zero-order chi connectivity index (χ0) is 21.4. The molecule has 1 heterocycles. The van der Waals surface area contributed by atoms with Gasteiger partial charge >= 0.3 is 5.97 Å². The number of para-hydroxylation sites is 1. The molecule has 0 unspecified atom stereocenters. The lowest BCUT2D eigenvalue weighted by Gasteiger charge is -2.23. The van der Waals surface area contributed by atoms with Crippen molar-refractivity contribution in [2.45, 2.75) is 68.7 Å². The van der Waals surface area contributed by atoms with Crippen molar-refractivity contribution in [1.82, 2.24) is 0 Å². The molecule has 0 spiro atoms. The first kappa shape index (κ1) is 26.9. The molecule has 0 fully saturated rings. The van der Waals surface area contributed by atoms with Gasteiger partial charge in [0.15, 0.2) is 0 Å². The molecule has 2 aromatic carbocycles. The smallest absolute Gasteiger partial charge is 0.339 e. The van der Waals surface area contributed by atoms with E-state index in [9.17, 15) is 4.79 Å². The van der Waals surface area contributed by atoms with Crippen molar-refractivity contribution in [1.29, 1.82) is 0 Å². The van der Waals surface area contributed by atoms with Gasteiger partial charge in [-0.3, -0.25) is 0 Å². The second-order valence-electron chi connectivity index (χ2n) is 4.79. The number of fused-ring (bicyclic) bond motifs is 2. The monoisotopic (exact) mass is 373 g/mol. The molecule has 27 heavy (non-hydrogen) atoms. The largest absolute Gasteiger partial charge is 0.465 e. The maximum absolute atomic E-state index is 11.8. The molecule has 152 valence electrons. The zero-order valence-corrected chi connectivity index (χ0v) is 19.0. The van der Waals surface area contributed by atoms with Crippen LogP contribution >= 0.6 is 0 Å². The number of anilines is 2. The predicted molar refractivity (Wildman–Crippen MR) is 120 cm³/mol. The van der Waals surface area contributed by atoms with Crippen LogP contribution in [0.4, 0.5) is 11.4 Å². The summed E-state index contributed by atoms with van der Waals surface area (Å²) in [4.78, 5) is 11.8. The number of nitrogens with one attached hydrogen (secondary N) is 1. The van der Waals surface area contributed by atoms with Crippen molar-refractivity contribution in [3.8, 4) is 0 Å². The van der Waals surface area contributed by atoms with Gasteiger partial charge in [0, 0.05) is 12.1 Å². The molecular formula is C24H39NO2. The molecule has 0 radical (unpaired) electrons. The molecule has 0 aliphatic carbocycles. The Morgan fingerprint density at radius 1 is 0.889 bits per heavy atom. The fourth-order valence-electron chi connectivity index (χ4n) is 2.48. The quantitative estimate of drug-likeness (QED) is 0.448. The topological polar surface area (TPSA) is 38.3 Å². The van der Waals surface area contributed by atoms with Crippen LogP contribution in [0, 0.1) is 6.92 Å². The summed E-state index contributed by atoms with van der Waals surface area (Å²) in [7, 11) is 1.41. The average molecular weight is 374 g/mol. The minimum absolute atomic E-state index is 0.305. The highest BCUT2D eigenvalue weighted by Gasteiger charge is 2.20. The summed E-state index contributed by atoms with van der Waals surface area (Å²) in [5, 5.41) is 3.36. The van der Waals surface area contributed by atoms with Gasteiger partial charge in [0.25, 0.3) is 0 Å². The van der Waals surface area contributed by atoms with Crippen LogP contribution in [0.15, 0.2) is 36.4 Å². The summed E-state index contributed by atoms with van der Waals surface area (Å²) in [5.41, 5.74) is 6.10. The van der Waals surface area contributed by atoms with Gasteiger partial charge in [0.05, 0.1) is 18.4 Å². The number of hydrogen-bond acceptors (Lipinski definition) is 3. The van der Waals surface area contributed by atoms with Crippen molar-refractivity contribution in [2.24, 2.45) is 0 Å². The van der Waals surface area contributed by atoms with E-state index in [-0.39, 0.29) is 5.97 Å². The zero-order valence-electron chi connectivity index (χ0n) is 19.0. The summed E-state index contributed by atoms with van der Waals surface area (Å²) in [6.07, 6.45) is 0.836. The van der Waals surface area contributed by atoms with Crippen LogP contribution in [0.5, 0.6) is 0 Å². The Bertz CT molecular complexity index is 663. The number of benzene rings is 2. The Morgan fingerprint density at radius 2 is 1.48 bits per heavy atom. The summed E-state index contributed by atoms with van der Waals surface area (Å²) in [6.45, 7) is 18.1. The van der Waals surface area contributed by atoms with Crippen LogP contribution < -0.4 is 5.32 Å². The second-order valence-corrected chi connectivity index (χ2v) is 4.79. The molecule has 3 rings (SSSR count). The van der Waals surface area contributed by atoms with E-state index in [1.807, 2.05) is 67.5 Å². The first-order chi connectivity index (χ1) is 13.2. The van der Waals surface area contributed by atoms with E-state index in [1.165, 1.54) is 18.2 Å². The molecule has 0 aromatic heterocycles. The van der Waals surface area contributed by atoms with Crippen molar-refractivity contribution in [3.05, 3.63) is 58.7 Å². The van der Waals surface area contributed by atoms with Crippen molar-refractivity contribution in [2.75, 3.05) is 12.4 Å². The lowest BCUT2D eigenvalue weighted by atomic mass is 9.94. The third-order valence-electron chi connectivity index (χ3n) is 3.46. The Hall–Kier alpha value is -2.29. The molecule has 0 amide bonds. The van der Waals surface area contributed by atoms with E-state index < -0.39 is 0 Å². The second kappa shape index (κ2) is 15.9. The normalized spacial score (nSPS) is 9.41. The minimum atomic E-state index is -0.305. The van der Waals surface area contributed by atoms with E-state index in [2.05, 4.69) is 30.4 Å². The Kier molecular flexibility index (Phi) is 15.9. The number of ether oxygens (including phenoxy) is 1. The maximum atomic E-state index is 11.8. The molecule has 1 aliphatic rings. The number of carbonyl (C=O) groups is 1. The molecule has 3 nitrogen and oxygen atoms in total. The fourth-order valence-corrected chi connectivity index (χ4v) is 2.48. The van der Waals surface area contributed by atoms with Crippen LogP contribution in [0.25, 0.3) is 0 Å². The van der Waals surface area contributed by atoms with Crippen LogP contribution in [0.1, 0.15) is 82.4 Å². The molecule has 0 atom stereocenters. The highest BCUT2D eigenvalue weighted by molar-refractivity contribution is 5.98. The first-order valence-corrected chi connectivity index (χ1v) is 10.3. The van der Waals surface area contributed by atoms with Crippen LogP contribution in [0.3, 0.4) is 0 Å². The standard InChI is InChI=1S/C16H15NO2.4C2H6/c1-10-6-7-11-9-12-4-3-5-13(16(18)19-2)15(12)17-14(11)8-10;4*1-2/h3-8,17H,9H2,1-2H3;4*1-2H3. The summed E-state index contributed by atoms with van der Waals surface area (Å²) >= 11 is 0. The van der Waals surface area contributed by atoms with Gasteiger partial charge in [-0.2, -0.15) is 0 Å². The maximum Gasteiger partial charge on any atom is 0.339 e. The number of rotatable bonds is 1. The molecule has 0 saturated heterocycles. The SMILES string of the molecule is CC.CC.CC.CC.COC(=O)c1cccc2c1Nc1cc(C)ccc1C2. The first-order valence-electron chi connectivity index (χ1n) is 10.3. The van der Waals surface area contributed by atoms with E-state index >= 15 is 0 Å². The summed E-state index contributed by atoms with van der Waals surface area (Å²) < 4.78 is 4.84.